The summed E-state index contributed by atoms with van der Waals surface area (Å²) in [4.78, 5) is 0. The lowest BCUT2D eigenvalue weighted by molar-refractivity contribution is 0.194. The zero-order valence-corrected chi connectivity index (χ0v) is 7.86. The summed E-state index contributed by atoms with van der Waals surface area (Å²) in [5.74, 6) is 0.833. The second-order valence-electron chi connectivity index (χ2n) is 2.74. The third kappa shape index (κ3) is 4.42. The number of rotatable bonds is 6. The monoisotopic (exact) mass is 181 g/mol. The van der Waals surface area contributed by atoms with Crippen LogP contribution in [-0.2, 0) is 4.74 Å². The van der Waals surface area contributed by atoms with Gasteiger partial charge in [0.25, 0.3) is 0 Å². The van der Waals surface area contributed by atoms with E-state index in [0.717, 1.165) is 31.8 Å². The molecule has 4 heteroatoms. The van der Waals surface area contributed by atoms with E-state index in [1.807, 2.05) is 12.1 Å². The standard InChI is InChI=1S/C9H15N3O/c1-13-8-3-2-6-10-9-5-4-7-11-12-9/h4-5,7H,2-3,6,8H2,1H3,(H,10,12). The summed E-state index contributed by atoms with van der Waals surface area (Å²) in [6, 6.07) is 3.77. The third-order valence-corrected chi connectivity index (χ3v) is 1.65. The van der Waals surface area contributed by atoms with E-state index in [9.17, 15) is 0 Å². The van der Waals surface area contributed by atoms with Gasteiger partial charge in [-0.3, -0.25) is 0 Å². The van der Waals surface area contributed by atoms with Crippen LogP contribution >= 0.6 is 0 Å². The molecule has 13 heavy (non-hydrogen) atoms. The van der Waals surface area contributed by atoms with E-state index in [0.29, 0.717) is 0 Å². The van der Waals surface area contributed by atoms with Gasteiger partial charge in [0, 0.05) is 26.5 Å². The number of nitrogens with one attached hydrogen (secondary N) is 1. The molecule has 0 bridgehead atoms. The van der Waals surface area contributed by atoms with Gasteiger partial charge < -0.3 is 10.1 Å². The maximum Gasteiger partial charge on any atom is 0.148 e. The van der Waals surface area contributed by atoms with Crippen molar-refractivity contribution in [2.45, 2.75) is 12.8 Å². The van der Waals surface area contributed by atoms with Gasteiger partial charge in [0.1, 0.15) is 5.82 Å². The fraction of sp³-hybridized carbons (Fsp3) is 0.556. The molecule has 4 nitrogen and oxygen atoms in total. The maximum atomic E-state index is 4.94. The molecule has 0 aliphatic heterocycles. The van der Waals surface area contributed by atoms with Crippen molar-refractivity contribution in [3.63, 3.8) is 0 Å². The van der Waals surface area contributed by atoms with E-state index in [2.05, 4.69) is 15.5 Å². The average Bonchev–Trinajstić information content (AvgIpc) is 2.19. The molecule has 0 saturated carbocycles. The van der Waals surface area contributed by atoms with E-state index in [-0.39, 0.29) is 0 Å². The first-order valence-corrected chi connectivity index (χ1v) is 4.44. The molecule has 0 aliphatic carbocycles. The summed E-state index contributed by atoms with van der Waals surface area (Å²) in [7, 11) is 1.72. The number of unbranched alkanes of at least 4 members (excludes halogenated alkanes) is 1. The number of aromatic nitrogens is 2. The summed E-state index contributed by atoms with van der Waals surface area (Å²) in [5, 5.41) is 10.8. The zero-order valence-electron chi connectivity index (χ0n) is 7.86. The van der Waals surface area contributed by atoms with Crippen LogP contribution in [0, 0.1) is 0 Å². The Morgan fingerprint density at radius 1 is 1.46 bits per heavy atom. The van der Waals surface area contributed by atoms with Crippen LogP contribution in [0.1, 0.15) is 12.8 Å². The van der Waals surface area contributed by atoms with E-state index in [4.69, 9.17) is 4.74 Å². The van der Waals surface area contributed by atoms with Crippen molar-refractivity contribution in [2.24, 2.45) is 0 Å². The first-order chi connectivity index (χ1) is 6.43. The van der Waals surface area contributed by atoms with Gasteiger partial charge >= 0.3 is 0 Å². The highest BCUT2D eigenvalue weighted by atomic mass is 16.5. The van der Waals surface area contributed by atoms with Crippen molar-refractivity contribution < 1.29 is 4.74 Å². The van der Waals surface area contributed by atoms with E-state index >= 15 is 0 Å². The Bertz CT molecular complexity index is 215. The predicted octanol–water partition coefficient (Wildman–Crippen LogP) is 1.32. The number of ether oxygens (including phenoxy) is 1. The Kier molecular flexibility index (Phi) is 4.86. The summed E-state index contributed by atoms with van der Waals surface area (Å²) >= 11 is 0. The lowest BCUT2D eigenvalue weighted by Gasteiger charge is -2.03. The van der Waals surface area contributed by atoms with Gasteiger partial charge in [-0.2, -0.15) is 5.10 Å². The molecule has 1 N–H and O–H groups in total. The molecule has 0 saturated heterocycles. The van der Waals surface area contributed by atoms with Crippen LogP contribution in [0.5, 0.6) is 0 Å². The van der Waals surface area contributed by atoms with Gasteiger partial charge in [-0.15, -0.1) is 5.10 Å². The molecule has 1 heterocycles. The molecule has 0 unspecified atom stereocenters. The van der Waals surface area contributed by atoms with Crippen LogP contribution in [0.3, 0.4) is 0 Å². The third-order valence-electron chi connectivity index (χ3n) is 1.65. The highest BCUT2D eigenvalue weighted by molar-refractivity contribution is 5.30. The second kappa shape index (κ2) is 6.37. The smallest absolute Gasteiger partial charge is 0.148 e. The van der Waals surface area contributed by atoms with Gasteiger partial charge in [0.2, 0.25) is 0 Å². The maximum absolute atomic E-state index is 4.94. The average molecular weight is 181 g/mol. The fourth-order valence-electron chi connectivity index (χ4n) is 0.984. The number of hydrogen-bond acceptors (Lipinski definition) is 4. The SMILES string of the molecule is COCCCCNc1cccnn1. The lowest BCUT2D eigenvalue weighted by Crippen LogP contribution is -2.04. The minimum atomic E-state index is 0.822. The molecule has 0 aromatic carbocycles. The lowest BCUT2D eigenvalue weighted by atomic mass is 10.3. The molecule has 0 amide bonds. The molecule has 1 aromatic rings. The normalized spacial score (nSPS) is 9.92. The van der Waals surface area contributed by atoms with E-state index in [1.165, 1.54) is 0 Å². The minimum absolute atomic E-state index is 0.822. The summed E-state index contributed by atoms with van der Waals surface area (Å²) in [5.41, 5.74) is 0. The summed E-state index contributed by atoms with van der Waals surface area (Å²) in [6.45, 7) is 1.74. The Balaban J connectivity index is 2.07. The van der Waals surface area contributed by atoms with Crippen molar-refractivity contribution in [3.8, 4) is 0 Å². The first kappa shape index (κ1) is 9.92. The van der Waals surface area contributed by atoms with Gasteiger partial charge in [0.15, 0.2) is 0 Å². The zero-order chi connectivity index (χ0) is 9.36. The highest BCUT2D eigenvalue weighted by Crippen LogP contribution is 1.98. The van der Waals surface area contributed by atoms with Crippen LogP contribution in [0.15, 0.2) is 18.3 Å². The molecular weight excluding hydrogens is 166 g/mol. The van der Waals surface area contributed by atoms with Gasteiger partial charge in [0.05, 0.1) is 0 Å². The van der Waals surface area contributed by atoms with Gasteiger partial charge in [-0.1, -0.05) is 0 Å². The molecule has 0 spiro atoms. The summed E-state index contributed by atoms with van der Waals surface area (Å²) in [6.07, 6.45) is 3.82. The van der Waals surface area contributed by atoms with Crippen LogP contribution in [0.4, 0.5) is 5.82 Å². The van der Waals surface area contributed by atoms with Crippen molar-refractivity contribution in [1.29, 1.82) is 0 Å². The largest absolute Gasteiger partial charge is 0.385 e. The Labute approximate surface area is 78.3 Å². The number of anilines is 1. The first-order valence-electron chi connectivity index (χ1n) is 4.44. The van der Waals surface area contributed by atoms with Crippen molar-refractivity contribution in [1.82, 2.24) is 10.2 Å². The van der Waals surface area contributed by atoms with E-state index < -0.39 is 0 Å². The van der Waals surface area contributed by atoms with E-state index in [1.54, 1.807) is 13.3 Å². The second-order valence-corrected chi connectivity index (χ2v) is 2.74. The van der Waals surface area contributed by atoms with Crippen LogP contribution < -0.4 is 5.32 Å². The highest BCUT2D eigenvalue weighted by Gasteiger charge is 1.91. The van der Waals surface area contributed by atoms with Crippen molar-refractivity contribution in [3.05, 3.63) is 18.3 Å². The number of methoxy groups -OCH3 is 1. The van der Waals surface area contributed by atoms with Crippen LogP contribution in [0.2, 0.25) is 0 Å². The topological polar surface area (TPSA) is 47.0 Å². The van der Waals surface area contributed by atoms with Crippen LogP contribution in [-0.4, -0.2) is 30.5 Å². The minimum Gasteiger partial charge on any atom is -0.385 e. The Morgan fingerprint density at radius 2 is 2.38 bits per heavy atom. The molecule has 0 fully saturated rings. The van der Waals surface area contributed by atoms with Gasteiger partial charge in [-0.25, -0.2) is 0 Å². The number of nitrogens with zero attached hydrogens (tertiary/aromatic N) is 2. The predicted molar refractivity (Wildman–Crippen MR) is 51.6 cm³/mol. The fourth-order valence-corrected chi connectivity index (χ4v) is 0.984. The number of hydrogen-bond donors (Lipinski definition) is 1. The Hall–Kier alpha value is -1.16. The molecule has 1 rings (SSSR count). The van der Waals surface area contributed by atoms with Crippen LogP contribution in [0.25, 0.3) is 0 Å². The molecule has 1 aromatic heterocycles. The molecular formula is C9H15N3O. The molecule has 0 radical (unpaired) electrons. The molecule has 72 valence electrons. The van der Waals surface area contributed by atoms with Crippen molar-refractivity contribution >= 4 is 5.82 Å². The Morgan fingerprint density at radius 3 is 3.08 bits per heavy atom. The van der Waals surface area contributed by atoms with Crippen molar-refractivity contribution in [2.75, 3.05) is 25.6 Å². The summed E-state index contributed by atoms with van der Waals surface area (Å²) < 4.78 is 4.94. The molecule has 0 atom stereocenters. The van der Waals surface area contributed by atoms with Gasteiger partial charge in [-0.05, 0) is 25.0 Å². The molecule has 0 aliphatic rings. The quantitative estimate of drug-likeness (QED) is 0.672.